The Kier molecular flexibility index (Phi) is 5.47. The lowest BCUT2D eigenvalue weighted by atomic mass is 10.1. The van der Waals surface area contributed by atoms with Gasteiger partial charge in [0, 0.05) is 30.7 Å². The number of hydrogen-bond donors (Lipinski definition) is 1. The first-order chi connectivity index (χ1) is 8.79. The van der Waals surface area contributed by atoms with E-state index >= 15 is 0 Å². The highest BCUT2D eigenvalue weighted by molar-refractivity contribution is 9.10. The molecular weight excluding hydrogens is 294 g/mol. The Balaban J connectivity index is 1.65. The highest BCUT2D eigenvalue weighted by atomic mass is 79.9. The van der Waals surface area contributed by atoms with E-state index in [9.17, 15) is 0 Å². The smallest absolute Gasteiger partial charge is 0.123 e. The van der Waals surface area contributed by atoms with E-state index < -0.39 is 0 Å². The lowest BCUT2D eigenvalue weighted by Crippen LogP contribution is -2.31. The molecule has 1 N–H and O–H groups in total. The van der Waals surface area contributed by atoms with Crippen molar-refractivity contribution in [1.29, 1.82) is 0 Å². The molecule has 0 aromatic heterocycles. The van der Waals surface area contributed by atoms with Gasteiger partial charge >= 0.3 is 0 Å². The van der Waals surface area contributed by atoms with Gasteiger partial charge in [-0.2, -0.15) is 0 Å². The molecule has 3 nitrogen and oxygen atoms in total. The van der Waals surface area contributed by atoms with Crippen LogP contribution < -0.4 is 10.1 Å². The van der Waals surface area contributed by atoms with E-state index in [1.807, 2.05) is 19.1 Å². The van der Waals surface area contributed by atoms with Crippen LogP contribution in [0.15, 0.2) is 22.7 Å². The minimum Gasteiger partial charge on any atom is -0.488 e. The molecule has 1 aromatic rings. The van der Waals surface area contributed by atoms with Gasteiger partial charge < -0.3 is 14.8 Å². The van der Waals surface area contributed by atoms with E-state index in [0.29, 0.717) is 0 Å². The van der Waals surface area contributed by atoms with Crippen LogP contribution in [0.2, 0.25) is 0 Å². The zero-order chi connectivity index (χ0) is 12.8. The third kappa shape index (κ3) is 3.97. The molecule has 0 fully saturated rings. The Hall–Kier alpha value is -0.580. The first kappa shape index (κ1) is 13.8. The van der Waals surface area contributed by atoms with Crippen LogP contribution in [0.25, 0.3) is 0 Å². The largest absolute Gasteiger partial charge is 0.488 e. The van der Waals surface area contributed by atoms with Crippen molar-refractivity contribution >= 4 is 15.9 Å². The molecule has 2 rings (SSSR count). The van der Waals surface area contributed by atoms with Crippen LogP contribution in [0.5, 0.6) is 5.75 Å². The summed E-state index contributed by atoms with van der Waals surface area (Å²) in [6.07, 6.45) is 2.31. The third-order valence-corrected chi connectivity index (χ3v) is 3.48. The van der Waals surface area contributed by atoms with Gasteiger partial charge in [0.15, 0.2) is 0 Å². The van der Waals surface area contributed by atoms with Crippen molar-refractivity contribution in [3.05, 3.63) is 28.2 Å². The molecule has 1 heterocycles. The van der Waals surface area contributed by atoms with Crippen molar-refractivity contribution in [2.24, 2.45) is 0 Å². The Morgan fingerprint density at radius 3 is 3.22 bits per heavy atom. The van der Waals surface area contributed by atoms with Gasteiger partial charge in [0.05, 0.1) is 0 Å². The van der Waals surface area contributed by atoms with Crippen LogP contribution in [0.1, 0.15) is 18.9 Å². The summed E-state index contributed by atoms with van der Waals surface area (Å²) in [5, 5.41) is 3.42. The minimum absolute atomic E-state index is 0.265. The van der Waals surface area contributed by atoms with Gasteiger partial charge in [-0.3, -0.25) is 0 Å². The van der Waals surface area contributed by atoms with E-state index in [0.717, 1.165) is 49.4 Å². The average molecular weight is 314 g/mol. The van der Waals surface area contributed by atoms with Crippen LogP contribution in [0.4, 0.5) is 0 Å². The first-order valence-electron chi connectivity index (χ1n) is 6.53. The summed E-state index contributed by atoms with van der Waals surface area (Å²) in [6.45, 7) is 5.55. The zero-order valence-electron chi connectivity index (χ0n) is 10.7. The van der Waals surface area contributed by atoms with Gasteiger partial charge in [0.25, 0.3) is 0 Å². The lowest BCUT2D eigenvalue weighted by Gasteiger charge is -2.11. The summed E-state index contributed by atoms with van der Waals surface area (Å²) in [6, 6.07) is 6.20. The summed E-state index contributed by atoms with van der Waals surface area (Å²) in [5.74, 6) is 1.03. The van der Waals surface area contributed by atoms with Crippen molar-refractivity contribution in [3.8, 4) is 5.75 Å². The van der Waals surface area contributed by atoms with Crippen molar-refractivity contribution in [3.63, 3.8) is 0 Å². The molecule has 0 saturated heterocycles. The highest BCUT2D eigenvalue weighted by Crippen LogP contribution is 2.30. The Bertz CT molecular complexity index is 384. The van der Waals surface area contributed by atoms with Gasteiger partial charge in [0.2, 0.25) is 0 Å². The van der Waals surface area contributed by atoms with E-state index in [1.54, 1.807) is 0 Å². The topological polar surface area (TPSA) is 30.5 Å². The van der Waals surface area contributed by atoms with Crippen LogP contribution in [-0.2, 0) is 11.2 Å². The Morgan fingerprint density at radius 2 is 2.39 bits per heavy atom. The van der Waals surface area contributed by atoms with E-state index in [1.165, 1.54) is 5.56 Å². The zero-order valence-corrected chi connectivity index (χ0v) is 12.3. The second-order valence-corrected chi connectivity index (χ2v) is 5.37. The molecule has 1 aliphatic heterocycles. The van der Waals surface area contributed by atoms with E-state index in [4.69, 9.17) is 9.47 Å². The fraction of sp³-hybridized carbons (Fsp3) is 0.571. The molecular formula is C14H20BrNO2. The summed E-state index contributed by atoms with van der Waals surface area (Å²) in [7, 11) is 0. The summed E-state index contributed by atoms with van der Waals surface area (Å²) < 4.78 is 12.3. The predicted octanol–water partition coefficient (Wildman–Crippen LogP) is 2.77. The second-order valence-electron chi connectivity index (χ2n) is 4.45. The standard InChI is InChI=1S/C14H20BrNO2/c1-2-17-7-3-6-16-10-13-9-11-8-12(15)4-5-14(11)18-13/h4-5,8,13,16H,2-3,6-7,9-10H2,1H3. The van der Waals surface area contributed by atoms with Crippen molar-refractivity contribution in [1.82, 2.24) is 5.32 Å². The maximum Gasteiger partial charge on any atom is 0.123 e. The molecule has 1 aromatic carbocycles. The van der Waals surface area contributed by atoms with Gasteiger partial charge in [-0.15, -0.1) is 0 Å². The monoisotopic (exact) mass is 313 g/mol. The number of fused-ring (bicyclic) bond motifs is 1. The fourth-order valence-corrected chi connectivity index (χ4v) is 2.52. The van der Waals surface area contributed by atoms with Crippen LogP contribution in [0.3, 0.4) is 0 Å². The highest BCUT2D eigenvalue weighted by Gasteiger charge is 2.22. The number of hydrogen-bond acceptors (Lipinski definition) is 3. The van der Waals surface area contributed by atoms with Crippen LogP contribution >= 0.6 is 15.9 Å². The van der Waals surface area contributed by atoms with E-state index in [2.05, 4.69) is 27.3 Å². The molecule has 18 heavy (non-hydrogen) atoms. The molecule has 4 heteroatoms. The summed E-state index contributed by atoms with van der Waals surface area (Å²) in [4.78, 5) is 0. The third-order valence-electron chi connectivity index (χ3n) is 2.98. The number of halogens is 1. The maximum atomic E-state index is 5.88. The van der Waals surface area contributed by atoms with Gasteiger partial charge in [-0.1, -0.05) is 15.9 Å². The summed E-state index contributed by atoms with van der Waals surface area (Å²) >= 11 is 3.49. The van der Waals surface area contributed by atoms with Crippen molar-refractivity contribution in [2.75, 3.05) is 26.3 Å². The molecule has 0 amide bonds. The number of ether oxygens (including phenoxy) is 2. The normalized spacial score (nSPS) is 17.6. The Labute approximate surface area is 117 Å². The second kappa shape index (κ2) is 7.12. The quantitative estimate of drug-likeness (QED) is 0.785. The molecule has 100 valence electrons. The maximum absolute atomic E-state index is 5.88. The van der Waals surface area contributed by atoms with Gasteiger partial charge in [-0.05, 0) is 43.7 Å². The number of nitrogens with one attached hydrogen (secondary N) is 1. The SMILES string of the molecule is CCOCCCNCC1Cc2cc(Br)ccc2O1. The molecule has 1 atom stereocenters. The molecule has 0 saturated carbocycles. The molecule has 0 radical (unpaired) electrons. The lowest BCUT2D eigenvalue weighted by molar-refractivity contribution is 0.143. The molecule has 0 bridgehead atoms. The fourth-order valence-electron chi connectivity index (χ4n) is 2.11. The molecule has 0 aliphatic carbocycles. The molecule has 1 aliphatic rings. The number of benzene rings is 1. The van der Waals surface area contributed by atoms with Gasteiger partial charge in [-0.25, -0.2) is 0 Å². The van der Waals surface area contributed by atoms with Crippen LogP contribution in [0, 0.1) is 0 Å². The molecule has 1 unspecified atom stereocenters. The average Bonchev–Trinajstić information content (AvgIpc) is 2.75. The van der Waals surface area contributed by atoms with Crippen molar-refractivity contribution < 1.29 is 9.47 Å². The number of rotatable bonds is 7. The Morgan fingerprint density at radius 1 is 1.50 bits per heavy atom. The predicted molar refractivity (Wildman–Crippen MR) is 76.2 cm³/mol. The van der Waals surface area contributed by atoms with E-state index in [-0.39, 0.29) is 6.10 Å². The summed E-state index contributed by atoms with van der Waals surface area (Å²) in [5.41, 5.74) is 1.30. The van der Waals surface area contributed by atoms with Crippen molar-refractivity contribution in [2.45, 2.75) is 25.9 Å². The van der Waals surface area contributed by atoms with Crippen LogP contribution in [-0.4, -0.2) is 32.4 Å². The molecule has 0 spiro atoms. The minimum atomic E-state index is 0.265. The first-order valence-corrected chi connectivity index (χ1v) is 7.32. The van der Waals surface area contributed by atoms with Gasteiger partial charge in [0.1, 0.15) is 11.9 Å².